The zero-order valence-corrected chi connectivity index (χ0v) is 15.5. The van der Waals surface area contributed by atoms with Crippen LogP contribution in [-0.2, 0) is 0 Å². The van der Waals surface area contributed by atoms with Crippen LogP contribution in [0.25, 0.3) is 11.0 Å². The molecular formula is C22H23FN4O. The third kappa shape index (κ3) is 3.35. The van der Waals surface area contributed by atoms with Gasteiger partial charge in [0.25, 0.3) is 5.91 Å². The minimum Gasteiger partial charge on any atom is -0.351 e. The third-order valence-corrected chi connectivity index (χ3v) is 5.82. The van der Waals surface area contributed by atoms with Crippen LogP contribution >= 0.6 is 0 Å². The summed E-state index contributed by atoms with van der Waals surface area (Å²) in [5.41, 5.74) is 3.36. The lowest BCUT2D eigenvalue weighted by molar-refractivity contribution is 0.0935. The van der Waals surface area contributed by atoms with Gasteiger partial charge >= 0.3 is 0 Å². The molecule has 144 valence electrons. The van der Waals surface area contributed by atoms with E-state index < -0.39 is 0 Å². The Balaban J connectivity index is 1.30. The number of nitrogens with zero attached hydrogens (tertiary/aromatic N) is 1. The number of hydrogen-bond acceptors (Lipinski definition) is 3. The molecule has 5 rings (SSSR count). The summed E-state index contributed by atoms with van der Waals surface area (Å²) in [6, 6.07) is 12.6. The molecule has 0 bridgehead atoms. The number of aromatic amines is 1. The summed E-state index contributed by atoms with van der Waals surface area (Å²) in [4.78, 5) is 20.5. The lowest BCUT2D eigenvalue weighted by atomic mass is 10.0. The maximum absolute atomic E-state index is 13.4. The zero-order chi connectivity index (χ0) is 19.1. The van der Waals surface area contributed by atoms with Gasteiger partial charge in [0.1, 0.15) is 5.82 Å². The van der Waals surface area contributed by atoms with E-state index in [2.05, 4.69) is 26.7 Å². The highest BCUT2D eigenvalue weighted by Crippen LogP contribution is 2.41. The second-order valence-corrected chi connectivity index (χ2v) is 7.87. The Morgan fingerprint density at radius 3 is 2.75 bits per heavy atom. The summed E-state index contributed by atoms with van der Waals surface area (Å²) in [5.74, 6) is 0.872. The molecule has 2 saturated carbocycles. The SMILES string of the molecule is O=C(N[C@H]1CCC[C@@H]1Nc1nc2ccc(F)cc2[nH]1)c1ccccc1C1CC1. The Labute approximate surface area is 162 Å². The first-order valence-electron chi connectivity index (χ1n) is 9.99. The minimum absolute atomic E-state index is 0.00729. The molecule has 1 heterocycles. The van der Waals surface area contributed by atoms with Crippen LogP contribution in [0, 0.1) is 5.82 Å². The maximum Gasteiger partial charge on any atom is 0.251 e. The van der Waals surface area contributed by atoms with Crippen LogP contribution in [0.5, 0.6) is 0 Å². The largest absolute Gasteiger partial charge is 0.351 e. The van der Waals surface area contributed by atoms with Gasteiger partial charge in [-0.3, -0.25) is 4.79 Å². The molecule has 28 heavy (non-hydrogen) atoms. The van der Waals surface area contributed by atoms with Gasteiger partial charge in [-0.2, -0.15) is 0 Å². The number of hydrogen-bond donors (Lipinski definition) is 3. The first-order chi connectivity index (χ1) is 13.7. The number of rotatable bonds is 5. The number of carbonyl (C=O) groups is 1. The van der Waals surface area contributed by atoms with E-state index in [1.807, 2.05) is 18.2 Å². The molecule has 2 aromatic carbocycles. The van der Waals surface area contributed by atoms with Gasteiger partial charge in [0.2, 0.25) is 5.95 Å². The van der Waals surface area contributed by atoms with Gasteiger partial charge in [-0.15, -0.1) is 0 Å². The molecule has 2 fully saturated rings. The molecule has 0 radical (unpaired) electrons. The molecule has 1 amide bonds. The fourth-order valence-corrected chi connectivity index (χ4v) is 4.23. The van der Waals surface area contributed by atoms with Crippen molar-refractivity contribution in [3.8, 4) is 0 Å². The van der Waals surface area contributed by atoms with Crippen molar-refractivity contribution in [3.05, 3.63) is 59.4 Å². The molecule has 3 aromatic rings. The second-order valence-electron chi connectivity index (χ2n) is 7.87. The highest BCUT2D eigenvalue weighted by Gasteiger charge is 2.32. The highest BCUT2D eigenvalue weighted by molar-refractivity contribution is 5.96. The molecule has 2 atom stereocenters. The summed E-state index contributed by atoms with van der Waals surface area (Å²) < 4.78 is 13.4. The molecule has 3 N–H and O–H groups in total. The average Bonchev–Trinajstić information content (AvgIpc) is 3.34. The van der Waals surface area contributed by atoms with E-state index in [1.54, 1.807) is 6.07 Å². The predicted molar refractivity (Wildman–Crippen MR) is 107 cm³/mol. The number of nitrogens with one attached hydrogen (secondary N) is 3. The molecule has 0 aliphatic heterocycles. The monoisotopic (exact) mass is 378 g/mol. The molecule has 0 spiro atoms. The van der Waals surface area contributed by atoms with Gasteiger partial charge < -0.3 is 15.6 Å². The van der Waals surface area contributed by atoms with Gasteiger partial charge in [-0.25, -0.2) is 9.37 Å². The third-order valence-electron chi connectivity index (χ3n) is 5.82. The van der Waals surface area contributed by atoms with E-state index in [0.29, 0.717) is 17.4 Å². The molecule has 1 aromatic heterocycles. The predicted octanol–water partition coefficient (Wildman–Crippen LogP) is 4.34. The average molecular weight is 378 g/mol. The van der Waals surface area contributed by atoms with Crippen molar-refractivity contribution in [2.75, 3.05) is 5.32 Å². The number of amides is 1. The Bertz CT molecular complexity index is 1030. The van der Waals surface area contributed by atoms with E-state index in [-0.39, 0.29) is 23.8 Å². The molecule has 5 nitrogen and oxygen atoms in total. The fraction of sp³-hybridized carbons (Fsp3) is 0.364. The topological polar surface area (TPSA) is 69.8 Å². The minimum atomic E-state index is -0.289. The van der Waals surface area contributed by atoms with Gasteiger partial charge in [0, 0.05) is 17.6 Å². The lowest BCUT2D eigenvalue weighted by Crippen LogP contribution is -2.43. The van der Waals surface area contributed by atoms with E-state index in [1.165, 1.54) is 30.5 Å². The van der Waals surface area contributed by atoms with Crippen molar-refractivity contribution in [2.45, 2.75) is 50.1 Å². The second kappa shape index (κ2) is 6.93. The van der Waals surface area contributed by atoms with Crippen LogP contribution in [0.1, 0.15) is 53.9 Å². The molecule has 2 aliphatic rings. The van der Waals surface area contributed by atoms with Gasteiger partial charge in [-0.05, 0) is 67.9 Å². The molecule has 6 heteroatoms. The highest BCUT2D eigenvalue weighted by atomic mass is 19.1. The van der Waals surface area contributed by atoms with Crippen molar-refractivity contribution in [1.82, 2.24) is 15.3 Å². The number of anilines is 1. The quantitative estimate of drug-likeness (QED) is 0.618. The lowest BCUT2D eigenvalue weighted by Gasteiger charge is -2.22. The molecule has 0 saturated heterocycles. The smallest absolute Gasteiger partial charge is 0.251 e. The van der Waals surface area contributed by atoms with Gasteiger partial charge in [-0.1, -0.05) is 18.2 Å². The first kappa shape index (κ1) is 17.2. The van der Waals surface area contributed by atoms with Crippen LogP contribution in [0.3, 0.4) is 0 Å². The van der Waals surface area contributed by atoms with Gasteiger partial charge in [0.05, 0.1) is 11.0 Å². The van der Waals surface area contributed by atoms with E-state index in [0.717, 1.165) is 30.3 Å². The first-order valence-corrected chi connectivity index (χ1v) is 9.99. The van der Waals surface area contributed by atoms with Crippen molar-refractivity contribution >= 4 is 22.9 Å². The summed E-state index contributed by atoms with van der Waals surface area (Å²) in [7, 11) is 0. The number of H-pyrrole nitrogens is 1. The van der Waals surface area contributed by atoms with Crippen LogP contribution in [0.4, 0.5) is 10.3 Å². The summed E-state index contributed by atoms with van der Waals surface area (Å²) in [6.45, 7) is 0. The Hall–Kier alpha value is -2.89. The zero-order valence-electron chi connectivity index (χ0n) is 15.5. The van der Waals surface area contributed by atoms with Crippen LogP contribution in [0.2, 0.25) is 0 Å². The van der Waals surface area contributed by atoms with Crippen molar-refractivity contribution in [2.24, 2.45) is 0 Å². The maximum atomic E-state index is 13.4. The Morgan fingerprint density at radius 1 is 1.07 bits per heavy atom. The molecule has 0 unspecified atom stereocenters. The summed E-state index contributed by atoms with van der Waals surface area (Å²) >= 11 is 0. The number of carbonyl (C=O) groups excluding carboxylic acids is 1. The van der Waals surface area contributed by atoms with Crippen molar-refractivity contribution < 1.29 is 9.18 Å². The Kier molecular flexibility index (Phi) is 4.26. The molecular weight excluding hydrogens is 355 g/mol. The number of halogens is 1. The normalized spacial score (nSPS) is 21.8. The summed E-state index contributed by atoms with van der Waals surface area (Å²) in [5, 5.41) is 6.63. The Morgan fingerprint density at radius 2 is 1.89 bits per heavy atom. The van der Waals surface area contributed by atoms with E-state index >= 15 is 0 Å². The van der Waals surface area contributed by atoms with Crippen molar-refractivity contribution in [1.29, 1.82) is 0 Å². The fourth-order valence-electron chi connectivity index (χ4n) is 4.23. The number of imidazole rings is 1. The number of fused-ring (bicyclic) bond motifs is 1. The standard InChI is InChI=1S/C22H23FN4O/c23-14-10-11-19-20(12-14)27-22(26-19)25-18-7-3-6-17(18)24-21(28)16-5-2-1-4-15(16)13-8-9-13/h1-2,4-5,10-13,17-18H,3,6-9H2,(H,24,28)(H2,25,26,27)/t17-,18-/m0/s1. The van der Waals surface area contributed by atoms with E-state index in [9.17, 15) is 9.18 Å². The van der Waals surface area contributed by atoms with Crippen LogP contribution < -0.4 is 10.6 Å². The number of aromatic nitrogens is 2. The van der Waals surface area contributed by atoms with E-state index in [4.69, 9.17) is 0 Å². The van der Waals surface area contributed by atoms with Gasteiger partial charge in [0.15, 0.2) is 0 Å². The van der Waals surface area contributed by atoms with Crippen molar-refractivity contribution in [3.63, 3.8) is 0 Å². The number of benzene rings is 2. The molecule has 2 aliphatic carbocycles. The van der Waals surface area contributed by atoms with Crippen LogP contribution in [0.15, 0.2) is 42.5 Å². The van der Waals surface area contributed by atoms with Crippen LogP contribution in [-0.4, -0.2) is 28.0 Å². The summed E-state index contributed by atoms with van der Waals surface area (Å²) in [6.07, 6.45) is 5.28.